The van der Waals surface area contributed by atoms with Crippen LogP contribution >= 0.6 is 0 Å². The van der Waals surface area contributed by atoms with Crippen molar-refractivity contribution in [3.8, 4) is 0 Å². The van der Waals surface area contributed by atoms with Gasteiger partial charge in [-0.2, -0.15) is 0 Å². The fourth-order valence-electron chi connectivity index (χ4n) is 1.89. The van der Waals surface area contributed by atoms with Crippen molar-refractivity contribution in [2.45, 2.75) is 19.4 Å². The SMILES string of the molecule is COC(=O)CCCn1[nH]c(=O)c2ccccc2c1=O. The number of hydrogen-bond donors (Lipinski definition) is 1. The van der Waals surface area contributed by atoms with Gasteiger partial charge in [-0.05, 0) is 18.6 Å². The van der Waals surface area contributed by atoms with E-state index in [0.29, 0.717) is 17.2 Å². The van der Waals surface area contributed by atoms with E-state index in [1.807, 2.05) is 0 Å². The summed E-state index contributed by atoms with van der Waals surface area (Å²) in [6.45, 7) is 0.272. The predicted molar refractivity (Wildman–Crippen MR) is 70.1 cm³/mol. The first-order chi connectivity index (χ1) is 9.13. The van der Waals surface area contributed by atoms with Crippen molar-refractivity contribution in [3.63, 3.8) is 0 Å². The molecule has 6 nitrogen and oxygen atoms in total. The third-order valence-electron chi connectivity index (χ3n) is 2.87. The smallest absolute Gasteiger partial charge is 0.305 e. The number of aryl methyl sites for hydroxylation is 1. The highest BCUT2D eigenvalue weighted by Gasteiger charge is 2.07. The van der Waals surface area contributed by atoms with Crippen molar-refractivity contribution in [1.82, 2.24) is 9.78 Å². The molecule has 0 unspecified atom stereocenters. The van der Waals surface area contributed by atoms with Crippen LogP contribution in [0, 0.1) is 0 Å². The van der Waals surface area contributed by atoms with Crippen LogP contribution in [0.1, 0.15) is 12.8 Å². The average Bonchev–Trinajstić information content (AvgIpc) is 2.44. The molecule has 0 fully saturated rings. The molecule has 0 saturated carbocycles. The van der Waals surface area contributed by atoms with Crippen LogP contribution in [0.15, 0.2) is 33.9 Å². The Bertz CT molecular complexity index is 714. The number of aromatic amines is 1. The number of nitrogens with zero attached hydrogens (tertiary/aromatic N) is 1. The Kier molecular flexibility index (Phi) is 3.79. The minimum atomic E-state index is -0.337. The number of aromatic nitrogens is 2. The zero-order valence-electron chi connectivity index (χ0n) is 10.5. The normalized spacial score (nSPS) is 10.6. The van der Waals surface area contributed by atoms with E-state index >= 15 is 0 Å². The highest BCUT2D eigenvalue weighted by molar-refractivity contribution is 5.80. The van der Waals surface area contributed by atoms with Gasteiger partial charge in [0.05, 0.1) is 17.9 Å². The molecule has 2 rings (SSSR count). The summed E-state index contributed by atoms with van der Waals surface area (Å²) in [6, 6.07) is 6.64. The molecule has 0 bridgehead atoms. The maximum Gasteiger partial charge on any atom is 0.305 e. The number of esters is 1. The van der Waals surface area contributed by atoms with Gasteiger partial charge in [0.15, 0.2) is 0 Å². The van der Waals surface area contributed by atoms with Gasteiger partial charge in [0, 0.05) is 13.0 Å². The maximum absolute atomic E-state index is 12.1. The van der Waals surface area contributed by atoms with Crippen LogP contribution in [0.5, 0.6) is 0 Å². The Balaban J connectivity index is 2.30. The van der Waals surface area contributed by atoms with Crippen LogP contribution in [0.4, 0.5) is 0 Å². The van der Waals surface area contributed by atoms with Gasteiger partial charge in [0.2, 0.25) is 0 Å². The molecule has 2 aromatic rings. The van der Waals surface area contributed by atoms with Crippen molar-refractivity contribution in [2.24, 2.45) is 0 Å². The molecule has 0 aliphatic carbocycles. The number of carbonyl (C=O) groups excluding carboxylic acids is 1. The van der Waals surface area contributed by atoms with Gasteiger partial charge in [0.25, 0.3) is 11.1 Å². The molecular weight excluding hydrogens is 248 g/mol. The van der Waals surface area contributed by atoms with Gasteiger partial charge in [-0.3, -0.25) is 19.5 Å². The summed E-state index contributed by atoms with van der Waals surface area (Å²) < 4.78 is 5.74. The lowest BCUT2D eigenvalue weighted by Crippen LogP contribution is -2.30. The van der Waals surface area contributed by atoms with Gasteiger partial charge in [0.1, 0.15) is 0 Å². The lowest BCUT2D eigenvalue weighted by atomic mass is 10.2. The summed E-state index contributed by atoms with van der Waals surface area (Å²) in [7, 11) is 1.31. The number of hydrogen-bond acceptors (Lipinski definition) is 4. The molecule has 0 amide bonds. The second-order valence-electron chi connectivity index (χ2n) is 4.12. The summed E-state index contributed by atoms with van der Waals surface area (Å²) in [6.07, 6.45) is 0.638. The van der Waals surface area contributed by atoms with Gasteiger partial charge in [-0.1, -0.05) is 12.1 Å². The molecule has 100 valence electrons. The first-order valence-electron chi connectivity index (χ1n) is 5.92. The molecule has 0 atom stereocenters. The second-order valence-corrected chi connectivity index (χ2v) is 4.12. The van der Waals surface area contributed by atoms with E-state index < -0.39 is 0 Å². The number of carbonyl (C=O) groups is 1. The van der Waals surface area contributed by atoms with Gasteiger partial charge in [-0.25, -0.2) is 4.68 Å². The first-order valence-corrected chi connectivity index (χ1v) is 5.92. The van der Waals surface area contributed by atoms with Crippen LogP contribution in [0.3, 0.4) is 0 Å². The fourth-order valence-corrected chi connectivity index (χ4v) is 1.89. The Morgan fingerprint density at radius 1 is 1.26 bits per heavy atom. The number of nitrogens with one attached hydrogen (secondary N) is 1. The Labute approximate surface area is 108 Å². The molecule has 0 radical (unpaired) electrons. The quantitative estimate of drug-likeness (QED) is 0.820. The number of benzene rings is 1. The van der Waals surface area contributed by atoms with Gasteiger partial charge < -0.3 is 4.74 Å². The van der Waals surface area contributed by atoms with Crippen LogP contribution in [-0.2, 0) is 16.1 Å². The van der Waals surface area contributed by atoms with Crippen LogP contribution in [0.25, 0.3) is 10.8 Å². The topological polar surface area (TPSA) is 81.2 Å². The van der Waals surface area contributed by atoms with E-state index in [9.17, 15) is 14.4 Å². The molecule has 0 saturated heterocycles. The van der Waals surface area contributed by atoms with Gasteiger partial charge >= 0.3 is 5.97 Å². The minimum absolute atomic E-state index is 0.206. The minimum Gasteiger partial charge on any atom is -0.469 e. The zero-order chi connectivity index (χ0) is 13.8. The van der Waals surface area contributed by atoms with E-state index in [-0.39, 0.29) is 30.1 Å². The Morgan fingerprint density at radius 2 is 1.95 bits per heavy atom. The van der Waals surface area contributed by atoms with E-state index in [0.717, 1.165) is 0 Å². The van der Waals surface area contributed by atoms with E-state index in [1.54, 1.807) is 24.3 Å². The molecule has 6 heteroatoms. The Morgan fingerprint density at radius 3 is 2.63 bits per heavy atom. The molecule has 1 N–H and O–H groups in total. The molecule has 0 spiro atoms. The van der Waals surface area contributed by atoms with Crippen molar-refractivity contribution in [3.05, 3.63) is 45.0 Å². The molecule has 1 aromatic heterocycles. The molecule has 0 aliphatic rings. The maximum atomic E-state index is 12.1. The van der Waals surface area contributed by atoms with Crippen LogP contribution in [0.2, 0.25) is 0 Å². The van der Waals surface area contributed by atoms with E-state index in [4.69, 9.17) is 0 Å². The highest BCUT2D eigenvalue weighted by Crippen LogP contribution is 2.03. The lowest BCUT2D eigenvalue weighted by molar-refractivity contribution is -0.140. The number of fused-ring (bicyclic) bond motifs is 1. The van der Waals surface area contributed by atoms with Crippen molar-refractivity contribution >= 4 is 16.7 Å². The molecule has 1 heterocycles. The summed E-state index contributed by atoms with van der Waals surface area (Å²) in [5.74, 6) is -0.337. The number of ether oxygens (including phenoxy) is 1. The lowest BCUT2D eigenvalue weighted by Gasteiger charge is -2.06. The second kappa shape index (κ2) is 5.51. The zero-order valence-corrected chi connectivity index (χ0v) is 10.5. The van der Waals surface area contributed by atoms with Crippen molar-refractivity contribution < 1.29 is 9.53 Å². The predicted octanol–water partition coefficient (Wildman–Crippen LogP) is 0.643. The Hall–Kier alpha value is -2.37. The van der Waals surface area contributed by atoms with Crippen LogP contribution in [-0.4, -0.2) is 22.9 Å². The molecule has 1 aromatic carbocycles. The monoisotopic (exact) mass is 262 g/mol. The summed E-state index contributed by atoms with van der Waals surface area (Å²) in [4.78, 5) is 34.9. The number of methoxy groups -OCH3 is 1. The largest absolute Gasteiger partial charge is 0.469 e. The van der Waals surface area contributed by atoms with Crippen LogP contribution < -0.4 is 11.1 Å². The molecular formula is C13H14N2O4. The van der Waals surface area contributed by atoms with E-state index in [2.05, 4.69) is 9.84 Å². The number of rotatable bonds is 4. The average molecular weight is 262 g/mol. The van der Waals surface area contributed by atoms with Crippen molar-refractivity contribution in [2.75, 3.05) is 7.11 Å². The number of H-pyrrole nitrogens is 1. The summed E-state index contributed by atoms with van der Waals surface area (Å²) >= 11 is 0. The summed E-state index contributed by atoms with van der Waals surface area (Å²) in [5.41, 5.74) is -0.576. The van der Waals surface area contributed by atoms with Gasteiger partial charge in [-0.15, -0.1) is 0 Å². The molecule has 0 aliphatic heterocycles. The summed E-state index contributed by atoms with van der Waals surface area (Å²) in [5, 5.41) is 3.26. The van der Waals surface area contributed by atoms with Crippen molar-refractivity contribution in [1.29, 1.82) is 0 Å². The van der Waals surface area contributed by atoms with E-state index in [1.165, 1.54) is 11.8 Å². The standard InChI is InChI=1S/C13H14N2O4/c1-19-11(16)7-4-8-15-13(18)10-6-3-2-5-9(10)12(17)14-15/h2-3,5-6H,4,7-8H2,1H3,(H,14,17). The molecule has 19 heavy (non-hydrogen) atoms. The fraction of sp³-hybridized carbons (Fsp3) is 0.308. The highest BCUT2D eigenvalue weighted by atomic mass is 16.5. The first kappa shape index (κ1) is 13.1. The third kappa shape index (κ3) is 2.73. The third-order valence-corrected chi connectivity index (χ3v) is 2.87.